The number of fused-ring (bicyclic) bond motifs is 6. The molecule has 0 spiro atoms. The lowest BCUT2D eigenvalue weighted by Gasteiger charge is -2.27. The van der Waals surface area contributed by atoms with Crippen LogP contribution in [0.2, 0.25) is 0 Å². The molecule has 13 aromatic rings. The Hall–Kier alpha value is -9.18. The van der Waals surface area contributed by atoms with Gasteiger partial charge >= 0.3 is 0 Å². The number of hydrogen-bond donors (Lipinski definition) is 0. The first-order valence-corrected chi connectivity index (χ1v) is 22.4. The Bertz CT molecular complexity index is 4740. The van der Waals surface area contributed by atoms with Crippen molar-refractivity contribution >= 4 is 60.8 Å². The quantitative estimate of drug-likeness (QED) is 0.144. The fraction of sp³-hybridized carbons (Fsp3) is 0. The molecule has 13 rings (SSSR count). The molecule has 2 heterocycles. The van der Waals surface area contributed by atoms with Crippen molar-refractivity contribution in [1.82, 2.24) is 4.57 Å². The molecule has 0 amide bonds. The zero-order valence-corrected chi connectivity index (χ0v) is 36.5. The fourth-order valence-corrected chi connectivity index (χ4v) is 9.34. The zero-order valence-electron chi connectivity index (χ0n) is 51.5. The van der Waals surface area contributed by atoms with Crippen molar-refractivity contribution in [2.45, 2.75) is 0 Å². The van der Waals surface area contributed by atoms with Crippen LogP contribution in [0, 0.1) is 0 Å². The Labute approximate surface area is 422 Å². The summed E-state index contributed by atoms with van der Waals surface area (Å²) < 4.78 is 146. The molecule has 0 saturated heterocycles. The summed E-state index contributed by atoms with van der Waals surface area (Å²) in [6.07, 6.45) is 0. The highest BCUT2D eigenvalue weighted by atomic mass is 16.3. The molecule has 0 aliphatic rings. The molecule has 2 aromatic heterocycles. The molecule has 324 valence electrons. The molecule has 0 saturated carbocycles. The van der Waals surface area contributed by atoms with Crippen molar-refractivity contribution < 1.29 is 25.0 Å². The topological polar surface area (TPSA) is 21.3 Å². The van der Waals surface area contributed by atoms with Gasteiger partial charge in [0.05, 0.1) is 37.3 Å². The van der Waals surface area contributed by atoms with E-state index in [4.69, 9.17) is 16.8 Å². The van der Waals surface area contributed by atoms with E-state index in [0.717, 1.165) is 60.9 Å². The summed E-state index contributed by atoms with van der Waals surface area (Å²) >= 11 is 0. The summed E-state index contributed by atoms with van der Waals surface area (Å²) in [5.74, 6) is 0. The maximum absolute atomic E-state index is 10.0. The standard InChI is InChI=1S/C66H44N2O/c1-4-18-45(19-5-1)50-42-51(46-20-6-2-7-21-46)44-54(43-50)67(52-38-34-48(35-39-52)55-24-10-13-31-62(55)68-63-32-14-11-25-58(63)59-26-12-15-33-64(59)68)53-40-36-49(37-41-53)57-28-17-30-61-60-29-16-27-56(65(60)69-66(57)61)47-22-8-3-9-23-47/h1-44H/i3D,8D,9D,16D,17D,22D,23D,27D,28D,29D,30D,36D,37D,40D,41D. The molecule has 69 heavy (non-hydrogen) atoms. The largest absolute Gasteiger partial charge is 0.455 e. The Morgan fingerprint density at radius 1 is 0.319 bits per heavy atom. The number of furan rings is 1. The summed E-state index contributed by atoms with van der Waals surface area (Å²) in [5, 5.41) is 1.52. The van der Waals surface area contributed by atoms with Crippen LogP contribution in [0.3, 0.4) is 0 Å². The van der Waals surface area contributed by atoms with Crippen LogP contribution < -0.4 is 4.90 Å². The average Bonchev–Trinajstić information content (AvgIpc) is 1.80. The van der Waals surface area contributed by atoms with Gasteiger partial charge in [-0.05, 0) is 99.6 Å². The van der Waals surface area contributed by atoms with E-state index in [1.165, 1.54) is 0 Å². The fourth-order valence-electron chi connectivity index (χ4n) is 9.34. The SMILES string of the molecule is [2H]c1c([2H])c([2H])c(-c2c([2H])c([2H])c([2H])c3c2oc2c(-c4c([2H])c([2H])c(N(c5ccc(-c6ccccc6-n6c7ccccc7c7ccccc76)cc5)c5cc(-c6ccccc6)cc(-c6ccccc6)c5)c([2H])c4[2H])c([2H])c([2H])c([2H])c23)c([2H])c1[2H]. The van der Waals surface area contributed by atoms with Crippen molar-refractivity contribution in [2.75, 3.05) is 4.90 Å². The number of rotatable bonds is 9. The van der Waals surface area contributed by atoms with E-state index in [2.05, 4.69) is 41.0 Å². The van der Waals surface area contributed by atoms with Crippen LogP contribution in [0.1, 0.15) is 20.6 Å². The molecule has 3 heteroatoms. The maximum Gasteiger partial charge on any atom is 0.143 e. The van der Waals surface area contributed by atoms with Gasteiger partial charge in [0.25, 0.3) is 0 Å². The van der Waals surface area contributed by atoms with Gasteiger partial charge in [0.1, 0.15) is 11.2 Å². The average molecular weight is 896 g/mol. The number of nitrogens with zero attached hydrogens (tertiary/aromatic N) is 2. The van der Waals surface area contributed by atoms with Crippen molar-refractivity contribution in [1.29, 1.82) is 0 Å². The van der Waals surface area contributed by atoms with E-state index >= 15 is 0 Å². The lowest BCUT2D eigenvalue weighted by Crippen LogP contribution is -2.10. The van der Waals surface area contributed by atoms with Crippen molar-refractivity contribution in [3.63, 3.8) is 0 Å². The van der Waals surface area contributed by atoms with Crippen LogP contribution in [-0.4, -0.2) is 4.57 Å². The Balaban J connectivity index is 1.06. The molecule has 0 aliphatic heterocycles. The second-order valence-electron chi connectivity index (χ2n) is 16.5. The van der Waals surface area contributed by atoms with Gasteiger partial charge in [0, 0.05) is 55.3 Å². The molecule has 0 N–H and O–H groups in total. The van der Waals surface area contributed by atoms with Gasteiger partial charge in [0.15, 0.2) is 0 Å². The number of anilines is 3. The van der Waals surface area contributed by atoms with E-state index in [1.807, 2.05) is 140 Å². The van der Waals surface area contributed by atoms with Gasteiger partial charge in [0.2, 0.25) is 0 Å². The van der Waals surface area contributed by atoms with Gasteiger partial charge in [-0.25, -0.2) is 0 Å². The Kier molecular flexibility index (Phi) is 6.73. The molecule has 0 fully saturated rings. The summed E-state index contributed by atoms with van der Waals surface area (Å²) in [4.78, 5) is 1.66. The van der Waals surface area contributed by atoms with Crippen molar-refractivity contribution in [3.8, 4) is 61.3 Å². The molecule has 0 radical (unpaired) electrons. The molecule has 0 aliphatic carbocycles. The minimum atomic E-state index is -0.754. The summed E-state index contributed by atoms with van der Waals surface area (Å²) in [6, 6.07) is 47.1. The van der Waals surface area contributed by atoms with Crippen molar-refractivity contribution in [3.05, 3.63) is 267 Å². The predicted molar refractivity (Wildman–Crippen MR) is 290 cm³/mol. The zero-order chi connectivity index (χ0) is 58.7. The minimum absolute atomic E-state index is 0.179. The highest BCUT2D eigenvalue weighted by Crippen LogP contribution is 2.44. The lowest BCUT2D eigenvalue weighted by molar-refractivity contribution is 0.671. The van der Waals surface area contributed by atoms with Crippen LogP contribution in [0.5, 0.6) is 0 Å². The van der Waals surface area contributed by atoms with Gasteiger partial charge < -0.3 is 13.9 Å². The number of benzene rings is 11. The summed E-state index contributed by atoms with van der Waals surface area (Å²) in [6.45, 7) is 0. The minimum Gasteiger partial charge on any atom is -0.455 e. The molecule has 0 atom stereocenters. The third-order valence-electron chi connectivity index (χ3n) is 12.5. The molecule has 3 nitrogen and oxygen atoms in total. The lowest BCUT2D eigenvalue weighted by atomic mass is 9.97. The number of hydrogen-bond acceptors (Lipinski definition) is 2. The van der Waals surface area contributed by atoms with E-state index in [-0.39, 0.29) is 16.5 Å². The normalized spacial score (nSPS) is 14.5. The van der Waals surface area contributed by atoms with Crippen LogP contribution in [-0.2, 0) is 0 Å². The van der Waals surface area contributed by atoms with Crippen LogP contribution in [0.25, 0.3) is 105 Å². The first-order chi connectivity index (χ1) is 40.5. The van der Waals surface area contributed by atoms with E-state index in [9.17, 15) is 8.22 Å². The first-order valence-electron chi connectivity index (χ1n) is 29.9. The molecule has 0 bridgehead atoms. The van der Waals surface area contributed by atoms with Crippen molar-refractivity contribution in [2.24, 2.45) is 0 Å². The van der Waals surface area contributed by atoms with E-state index in [0.29, 0.717) is 11.4 Å². The van der Waals surface area contributed by atoms with Crippen LogP contribution >= 0.6 is 0 Å². The predicted octanol–water partition coefficient (Wildman–Crippen LogP) is 18.5. The van der Waals surface area contributed by atoms with E-state index in [1.54, 1.807) is 4.90 Å². The monoisotopic (exact) mass is 895 g/mol. The smallest absolute Gasteiger partial charge is 0.143 e. The van der Waals surface area contributed by atoms with Gasteiger partial charge in [-0.2, -0.15) is 0 Å². The van der Waals surface area contributed by atoms with Crippen LogP contribution in [0.15, 0.2) is 271 Å². The summed E-state index contributed by atoms with van der Waals surface area (Å²) in [7, 11) is 0. The molecular weight excluding hydrogens is 837 g/mol. The second-order valence-corrected chi connectivity index (χ2v) is 16.5. The third-order valence-corrected chi connectivity index (χ3v) is 12.5. The van der Waals surface area contributed by atoms with Gasteiger partial charge in [-0.15, -0.1) is 0 Å². The summed E-state index contributed by atoms with van der Waals surface area (Å²) in [5.41, 5.74) is 5.89. The number of aromatic nitrogens is 1. The highest BCUT2D eigenvalue weighted by molar-refractivity contribution is 6.13. The molecule has 11 aromatic carbocycles. The first kappa shape index (κ1) is 27.5. The third kappa shape index (κ3) is 7.08. The Morgan fingerprint density at radius 3 is 1.43 bits per heavy atom. The van der Waals surface area contributed by atoms with Gasteiger partial charge in [-0.1, -0.05) is 206 Å². The van der Waals surface area contributed by atoms with Gasteiger partial charge in [-0.3, -0.25) is 0 Å². The second kappa shape index (κ2) is 16.9. The highest BCUT2D eigenvalue weighted by Gasteiger charge is 2.20. The molecule has 0 unspecified atom stereocenters. The van der Waals surface area contributed by atoms with Crippen LogP contribution in [0.4, 0.5) is 17.1 Å². The van der Waals surface area contributed by atoms with E-state index < -0.39 is 124 Å². The number of para-hydroxylation sites is 5. The maximum atomic E-state index is 10.0. The molecular formula is C66H44N2O. The Morgan fingerprint density at radius 2 is 0.841 bits per heavy atom.